The van der Waals surface area contributed by atoms with Gasteiger partial charge in [-0.3, -0.25) is 9.69 Å². The second-order valence-corrected chi connectivity index (χ2v) is 6.71. The molecule has 5 nitrogen and oxygen atoms in total. The number of amides is 1. The van der Waals surface area contributed by atoms with E-state index in [2.05, 4.69) is 34.8 Å². The Kier molecular flexibility index (Phi) is 4.66. The van der Waals surface area contributed by atoms with Crippen LogP contribution in [0.1, 0.15) is 44.4 Å². The van der Waals surface area contributed by atoms with Gasteiger partial charge >= 0.3 is 0 Å². The fraction of sp³-hybridized carbons (Fsp3) is 0.556. The van der Waals surface area contributed by atoms with Crippen LogP contribution in [0.3, 0.4) is 0 Å². The number of aromatic nitrogens is 2. The van der Waals surface area contributed by atoms with E-state index < -0.39 is 0 Å². The molecule has 0 aliphatic carbocycles. The van der Waals surface area contributed by atoms with Crippen molar-refractivity contribution in [3.8, 4) is 0 Å². The number of pyridine rings is 1. The van der Waals surface area contributed by atoms with E-state index in [-0.39, 0.29) is 5.91 Å². The highest BCUT2D eigenvalue weighted by Gasteiger charge is 2.20. The van der Waals surface area contributed by atoms with E-state index in [9.17, 15) is 4.79 Å². The van der Waals surface area contributed by atoms with Crippen LogP contribution in [0.4, 0.5) is 0 Å². The first-order valence-corrected chi connectivity index (χ1v) is 8.49. The van der Waals surface area contributed by atoms with E-state index in [0.29, 0.717) is 5.92 Å². The van der Waals surface area contributed by atoms with E-state index in [0.717, 1.165) is 44.8 Å². The zero-order valence-electron chi connectivity index (χ0n) is 14.3. The lowest BCUT2D eigenvalue weighted by Crippen LogP contribution is -2.33. The molecule has 1 aliphatic rings. The lowest BCUT2D eigenvalue weighted by molar-refractivity contribution is -0.128. The molecule has 2 aromatic heterocycles. The molecule has 3 rings (SSSR count). The minimum atomic E-state index is 0.186. The van der Waals surface area contributed by atoms with Crippen molar-refractivity contribution in [3.63, 3.8) is 0 Å². The lowest BCUT2D eigenvalue weighted by Gasteiger charge is -2.22. The van der Waals surface area contributed by atoms with Crippen molar-refractivity contribution in [1.29, 1.82) is 0 Å². The molecule has 0 saturated carbocycles. The van der Waals surface area contributed by atoms with Gasteiger partial charge in [-0.25, -0.2) is 4.98 Å². The van der Waals surface area contributed by atoms with Crippen LogP contribution in [-0.4, -0.2) is 51.9 Å². The Labute approximate surface area is 137 Å². The second kappa shape index (κ2) is 6.71. The molecule has 1 amide bonds. The number of nitrogens with one attached hydrogen (secondary N) is 1. The van der Waals surface area contributed by atoms with Crippen LogP contribution in [0, 0.1) is 0 Å². The summed E-state index contributed by atoms with van der Waals surface area (Å²) < 4.78 is 0. The molecule has 5 heteroatoms. The van der Waals surface area contributed by atoms with Crippen LogP contribution < -0.4 is 0 Å². The van der Waals surface area contributed by atoms with Gasteiger partial charge in [0.05, 0.1) is 0 Å². The summed E-state index contributed by atoms with van der Waals surface area (Å²) in [5.74, 6) is 0.630. The minimum Gasteiger partial charge on any atom is -0.343 e. The topological polar surface area (TPSA) is 52.2 Å². The molecule has 124 valence electrons. The minimum absolute atomic E-state index is 0.186. The summed E-state index contributed by atoms with van der Waals surface area (Å²) in [6.45, 7) is 10.7. The van der Waals surface area contributed by atoms with Gasteiger partial charge in [-0.05, 0) is 30.0 Å². The third kappa shape index (κ3) is 3.39. The summed E-state index contributed by atoms with van der Waals surface area (Å²) in [5, 5.41) is 1.23. The van der Waals surface area contributed by atoms with Crippen molar-refractivity contribution in [3.05, 3.63) is 29.6 Å². The molecule has 23 heavy (non-hydrogen) atoms. The maximum absolute atomic E-state index is 11.6. The molecule has 0 atom stereocenters. The van der Waals surface area contributed by atoms with Crippen LogP contribution in [0.2, 0.25) is 0 Å². The number of aromatic amines is 1. The maximum atomic E-state index is 11.6. The normalized spacial score (nSPS) is 17.0. The Hall–Kier alpha value is -1.88. The summed E-state index contributed by atoms with van der Waals surface area (Å²) >= 11 is 0. The summed E-state index contributed by atoms with van der Waals surface area (Å²) in [4.78, 5) is 24.0. The number of nitrogens with zero attached hydrogens (tertiary/aromatic N) is 3. The Morgan fingerprint density at radius 1 is 1.30 bits per heavy atom. The SMILES string of the molecule is CC(=O)N1CCCN(Cc2c(C(C)C)[nH]c3ncccc23)CC1. The van der Waals surface area contributed by atoms with Gasteiger partial charge in [0.15, 0.2) is 0 Å². The molecule has 0 bridgehead atoms. The van der Waals surface area contributed by atoms with Crippen molar-refractivity contribution in [2.45, 2.75) is 39.7 Å². The lowest BCUT2D eigenvalue weighted by atomic mass is 10.0. The number of carbonyl (C=O) groups is 1. The fourth-order valence-electron chi connectivity index (χ4n) is 3.43. The number of hydrogen-bond donors (Lipinski definition) is 1. The summed E-state index contributed by atoms with van der Waals surface area (Å²) in [5.41, 5.74) is 3.62. The quantitative estimate of drug-likeness (QED) is 0.948. The van der Waals surface area contributed by atoms with Crippen molar-refractivity contribution >= 4 is 16.9 Å². The zero-order valence-corrected chi connectivity index (χ0v) is 14.3. The summed E-state index contributed by atoms with van der Waals surface area (Å²) in [7, 11) is 0. The number of hydrogen-bond acceptors (Lipinski definition) is 3. The van der Waals surface area contributed by atoms with Gasteiger partial charge in [-0.2, -0.15) is 0 Å². The smallest absolute Gasteiger partial charge is 0.219 e. The van der Waals surface area contributed by atoms with Crippen molar-refractivity contribution in [1.82, 2.24) is 19.8 Å². The molecule has 1 N–H and O–H groups in total. The molecule has 0 aromatic carbocycles. The highest BCUT2D eigenvalue weighted by Crippen LogP contribution is 2.28. The fourth-order valence-corrected chi connectivity index (χ4v) is 3.43. The van der Waals surface area contributed by atoms with E-state index in [1.165, 1.54) is 16.6 Å². The van der Waals surface area contributed by atoms with Gasteiger partial charge < -0.3 is 9.88 Å². The Balaban J connectivity index is 1.83. The Bertz CT molecular complexity index is 691. The van der Waals surface area contributed by atoms with Gasteiger partial charge in [-0.15, -0.1) is 0 Å². The predicted octanol–water partition coefficient (Wildman–Crippen LogP) is 2.74. The van der Waals surface area contributed by atoms with Crippen molar-refractivity contribution < 1.29 is 4.79 Å². The summed E-state index contributed by atoms with van der Waals surface area (Å²) in [6.07, 6.45) is 2.88. The number of rotatable bonds is 3. The van der Waals surface area contributed by atoms with Crippen molar-refractivity contribution in [2.24, 2.45) is 0 Å². The van der Waals surface area contributed by atoms with Gasteiger partial charge in [-0.1, -0.05) is 13.8 Å². The molecular formula is C18H26N4O. The molecule has 0 spiro atoms. The standard InChI is InChI=1S/C18H26N4O/c1-13(2)17-16(15-6-4-7-19-18(15)20-17)12-21-8-5-9-22(11-10-21)14(3)23/h4,6-7,13H,5,8-12H2,1-3H3,(H,19,20). The van der Waals surface area contributed by atoms with Gasteiger partial charge in [0.25, 0.3) is 0 Å². The van der Waals surface area contributed by atoms with E-state index in [4.69, 9.17) is 0 Å². The van der Waals surface area contributed by atoms with Gasteiger partial charge in [0.2, 0.25) is 5.91 Å². The highest BCUT2D eigenvalue weighted by atomic mass is 16.2. The Morgan fingerprint density at radius 3 is 2.87 bits per heavy atom. The Morgan fingerprint density at radius 2 is 2.13 bits per heavy atom. The average molecular weight is 314 g/mol. The number of carbonyl (C=O) groups excluding carboxylic acids is 1. The molecule has 1 fully saturated rings. The van der Waals surface area contributed by atoms with Crippen LogP contribution in [0.25, 0.3) is 11.0 Å². The largest absolute Gasteiger partial charge is 0.343 e. The second-order valence-electron chi connectivity index (χ2n) is 6.71. The van der Waals surface area contributed by atoms with E-state index in [1.54, 1.807) is 6.92 Å². The number of fused-ring (bicyclic) bond motifs is 1. The molecule has 2 aromatic rings. The molecule has 3 heterocycles. The van der Waals surface area contributed by atoms with Crippen LogP contribution >= 0.6 is 0 Å². The molecule has 1 saturated heterocycles. The highest BCUT2D eigenvalue weighted by molar-refractivity contribution is 5.81. The third-order valence-electron chi connectivity index (χ3n) is 4.70. The maximum Gasteiger partial charge on any atom is 0.219 e. The molecule has 0 unspecified atom stereocenters. The third-order valence-corrected chi connectivity index (χ3v) is 4.70. The first-order valence-electron chi connectivity index (χ1n) is 8.49. The first kappa shape index (κ1) is 16.0. The monoisotopic (exact) mass is 314 g/mol. The molecular weight excluding hydrogens is 288 g/mol. The van der Waals surface area contributed by atoms with E-state index in [1.807, 2.05) is 17.2 Å². The van der Waals surface area contributed by atoms with Crippen LogP contribution in [0.15, 0.2) is 18.3 Å². The molecule has 0 radical (unpaired) electrons. The van der Waals surface area contributed by atoms with Gasteiger partial charge in [0.1, 0.15) is 5.65 Å². The zero-order chi connectivity index (χ0) is 16.4. The van der Waals surface area contributed by atoms with Gasteiger partial charge in [0, 0.05) is 56.9 Å². The molecule has 1 aliphatic heterocycles. The predicted molar refractivity (Wildman–Crippen MR) is 92.3 cm³/mol. The summed E-state index contributed by atoms with van der Waals surface area (Å²) in [6, 6.07) is 4.16. The van der Waals surface area contributed by atoms with Crippen LogP contribution in [0.5, 0.6) is 0 Å². The van der Waals surface area contributed by atoms with E-state index >= 15 is 0 Å². The number of H-pyrrole nitrogens is 1. The van der Waals surface area contributed by atoms with Crippen LogP contribution in [-0.2, 0) is 11.3 Å². The first-order chi connectivity index (χ1) is 11.1. The average Bonchev–Trinajstić information content (AvgIpc) is 2.72. The van der Waals surface area contributed by atoms with Crippen molar-refractivity contribution in [2.75, 3.05) is 26.2 Å².